The van der Waals surface area contributed by atoms with Crippen LogP contribution in [0.4, 0.5) is 0 Å². The second-order valence-corrected chi connectivity index (χ2v) is 5.73. The third-order valence-electron chi connectivity index (χ3n) is 4.11. The molecule has 1 aliphatic rings. The maximum Gasteiger partial charge on any atom is 0.344 e. The number of nitrogens with one attached hydrogen (secondary N) is 2. The van der Waals surface area contributed by atoms with E-state index in [1.807, 2.05) is 30.3 Å². The zero-order valence-corrected chi connectivity index (χ0v) is 13.7. The summed E-state index contributed by atoms with van der Waals surface area (Å²) in [7, 11) is 1.33. The van der Waals surface area contributed by atoms with Gasteiger partial charge in [-0.05, 0) is 30.4 Å². The Morgan fingerprint density at radius 3 is 2.88 bits per heavy atom. The Labute approximate surface area is 139 Å². The fourth-order valence-electron chi connectivity index (χ4n) is 3.00. The Bertz CT molecular complexity index is 773. The molecule has 1 amide bonds. The van der Waals surface area contributed by atoms with Crippen LogP contribution in [0.25, 0.3) is 16.5 Å². The molecule has 0 aliphatic carbocycles. The molecule has 1 unspecified atom stereocenters. The maximum absolute atomic E-state index is 12.3. The molecule has 1 aromatic heterocycles. The molecule has 6 heteroatoms. The topological polar surface area (TPSA) is 80.4 Å². The van der Waals surface area contributed by atoms with Crippen LogP contribution in [0.15, 0.2) is 35.9 Å². The highest BCUT2D eigenvalue weighted by molar-refractivity contribution is 6.24. The molecular weight excluding hydrogens is 308 g/mol. The van der Waals surface area contributed by atoms with Crippen molar-refractivity contribution in [1.82, 2.24) is 10.5 Å². The van der Waals surface area contributed by atoms with Gasteiger partial charge in [0.2, 0.25) is 0 Å². The van der Waals surface area contributed by atoms with Crippen molar-refractivity contribution in [1.29, 1.82) is 0 Å². The van der Waals surface area contributed by atoms with Gasteiger partial charge in [-0.15, -0.1) is 0 Å². The number of carbonyl (C=O) groups is 2. The monoisotopic (exact) mass is 328 g/mol. The highest BCUT2D eigenvalue weighted by atomic mass is 16.6. The third kappa shape index (κ3) is 2.92. The molecule has 126 valence electrons. The fourth-order valence-corrected chi connectivity index (χ4v) is 3.00. The van der Waals surface area contributed by atoms with Crippen LogP contribution in [-0.2, 0) is 19.2 Å². The van der Waals surface area contributed by atoms with Crippen molar-refractivity contribution in [2.45, 2.75) is 32.3 Å². The first kappa shape index (κ1) is 16.3. The highest BCUT2D eigenvalue weighted by Crippen LogP contribution is 2.35. The van der Waals surface area contributed by atoms with E-state index in [0.717, 1.165) is 29.4 Å². The van der Waals surface area contributed by atoms with Crippen molar-refractivity contribution >= 4 is 28.4 Å². The second kappa shape index (κ2) is 6.88. The summed E-state index contributed by atoms with van der Waals surface area (Å²) >= 11 is 0. The standard InChI is InChI=1S/C18H20N2O4/c1-3-4-9-14-15(16(18(22)24-14)17(21)20-23-2)13-10-11-7-5-6-8-12(11)19-13/h5-8,10,14,19H,3-4,9H2,1-2H3,(H,20,21). The quantitative estimate of drug-likeness (QED) is 0.485. The van der Waals surface area contributed by atoms with Gasteiger partial charge in [-0.2, -0.15) is 0 Å². The molecule has 24 heavy (non-hydrogen) atoms. The number of cyclic esters (lactones) is 1. The van der Waals surface area contributed by atoms with E-state index in [9.17, 15) is 9.59 Å². The van der Waals surface area contributed by atoms with Gasteiger partial charge in [-0.1, -0.05) is 31.5 Å². The van der Waals surface area contributed by atoms with Crippen molar-refractivity contribution in [2.75, 3.05) is 7.11 Å². The zero-order chi connectivity index (χ0) is 17.1. The van der Waals surface area contributed by atoms with Crippen LogP contribution in [0.3, 0.4) is 0 Å². The Balaban J connectivity index is 2.09. The summed E-state index contributed by atoms with van der Waals surface area (Å²) in [6.07, 6.45) is 2.13. The van der Waals surface area contributed by atoms with Crippen LogP contribution >= 0.6 is 0 Å². The van der Waals surface area contributed by atoms with E-state index in [-0.39, 0.29) is 5.57 Å². The van der Waals surface area contributed by atoms with E-state index in [4.69, 9.17) is 4.74 Å². The van der Waals surface area contributed by atoms with E-state index >= 15 is 0 Å². The van der Waals surface area contributed by atoms with Gasteiger partial charge in [0.05, 0.1) is 7.11 Å². The molecule has 0 saturated heterocycles. The molecule has 1 aromatic carbocycles. The summed E-state index contributed by atoms with van der Waals surface area (Å²) in [6.45, 7) is 2.07. The number of amides is 1. The molecule has 0 saturated carbocycles. The number of hydrogen-bond donors (Lipinski definition) is 2. The first-order chi connectivity index (χ1) is 11.7. The molecular formula is C18H20N2O4. The van der Waals surface area contributed by atoms with Crippen LogP contribution in [0, 0.1) is 0 Å². The summed E-state index contributed by atoms with van der Waals surface area (Å²) in [4.78, 5) is 32.5. The number of rotatable bonds is 6. The maximum atomic E-state index is 12.3. The number of aromatic amines is 1. The number of benzene rings is 1. The van der Waals surface area contributed by atoms with Gasteiger partial charge in [0.1, 0.15) is 11.7 Å². The summed E-state index contributed by atoms with van der Waals surface area (Å²) in [5.41, 5.74) is 4.49. The smallest absolute Gasteiger partial charge is 0.344 e. The van der Waals surface area contributed by atoms with E-state index < -0.39 is 18.0 Å². The Hall–Kier alpha value is -2.60. The largest absolute Gasteiger partial charge is 0.454 e. The predicted octanol–water partition coefficient (Wildman–Crippen LogP) is 2.71. The minimum absolute atomic E-state index is 0.00418. The number of fused-ring (bicyclic) bond motifs is 1. The number of para-hydroxylation sites is 1. The van der Waals surface area contributed by atoms with Gasteiger partial charge in [-0.25, -0.2) is 10.3 Å². The molecule has 3 rings (SSSR count). The minimum atomic E-state index is -0.612. The zero-order valence-electron chi connectivity index (χ0n) is 13.7. The second-order valence-electron chi connectivity index (χ2n) is 5.73. The van der Waals surface area contributed by atoms with Crippen molar-refractivity contribution < 1.29 is 19.2 Å². The average Bonchev–Trinajstić information content (AvgIpc) is 3.13. The lowest BCUT2D eigenvalue weighted by Gasteiger charge is -2.12. The first-order valence-corrected chi connectivity index (χ1v) is 8.02. The van der Waals surface area contributed by atoms with Crippen LogP contribution in [0.1, 0.15) is 31.9 Å². The Kier molecular flexibility index (Phi) is 4.66. The predicted molar refractivity (Wildman–Crippen MR) is 89.8 cm³/mol. The van der Waals surface area contributed by atoms with Crippen LogP contribution < -0.4 is 5.48 Å². The molecule has 0 radical (unpaired) electrons. The molecule has 1 aliphatic heterocycles. The molecule has 2 aromatic rings. The number of hydroxylamine groups is 1. The number of esters is 1. The van der Waals surface area contributed by atoms with E-state index in [1.54, 1.807) is 0 Å². The molecule has 2 N–H and O–H groups in total. The van der Waals surface area contributed by atoms with E-state index in [0.29, 0.717) is 12.0 Å². The third-order valence-corrected chi connectivity index (χ3v) is 4.11. The molecule has 1 atom stereocenters. The van der Waals surface area contributed by atoms with Crippen molar-refractivity contribution in [2.24, 2.45) is 0 Å². The highest BCUT2D eigenvalue weighted by Gasteiger charge is 2.39. The lowest BCUT2D eigenvalue weighted by molar-refractivity contribution is -0.142. The normalized spacial score (nSPS) is 17.4. The SMILES string of the molecule is CCCCC1OC(=O)C(C(=O)NOC)=C1c1cc2ccccc2[nH]1. The van der Waals surface area contributed by atoms with E-state index in [1.165, 1.54) is 7.11 Å². The summed E-state index contributed by atoms with van der Waals surface area (Å²) in [6, 6.07) is 9.74. The number of aromatic nitrogens is 1. The Morgan fingerprint density at radius 2 is 2.17 bits per heavy atom. The Morgan fingerprint density at radius 1 is 1.38 bits per heavy atom. The summed E-state index contributed by atoms with van der Waals surface area (Å²) in [5, 5.41) is 1.01. The number of ether oxygens (including phenoxy) is 1. The molecule has 0 fully saturated rings. The number of unbranched alkanes of at least 4 members (excludes halogenated alkanes) is 1. The number of hydrogen-bond acceptors (Lipinski definition) is 4. The van der Waals surface area contributed by atoms with Crippen LogP contribution in [0.2, 0.25) is 0 Å². The van der Waals surface area contributed by atoms with Crippen molar-refractivity contribution in [3.63, 3.8) is 0 Å². The lowest BCUT2D eigenvalue weighted by Crippen LogP contribution is -2.26. The first-order valence-electron chi connectivity index (χ1n) is 8.02. The van der Waals surface area contributed by atoms with Gasteiger partial charge >= 0.3 is 5.97 Å². The van der Waals surface area contributed by atoms with Gasteiger partial charge in [-0.3, -0.25) is 9.63 Å². The average molecular weight is 328 g/mol. The fraction of sp³-hybridized carbons (Fsp3) is 0.333. The van der Waals surface area contributed by atoms with Gasteiger partial charge < -0.3 is 9.72 Å². The van der Waals surface area contributed by atoms with Gasteiger partial charge in [0.25, 0.3) is 5.91 Å². The molecule has 0 bridgehead atoms. The molecule has 2 heterocycles. The molecule has 6 nitrogen and oxygen atoms in total. The van der Waals surface area contributed by atoms with Crippen molar-refractivity contribution in [3.8, 4) is 0 Å². The van der Waals surface area contributed by atoms with Gasteiger partial charge in [0.15, 0.2) is 0 Å². The molecule has 0 spiro atoms. The van der Waals surface area contributed by atoms with Crippen LogP contribution in [0.5, 0.6) is 0 Å². The summed E-state index contributed by atoms with van der Waals surface area (Å²) in [5.74, 6) is -1.20. The van der Waals surface area contributed by atoms with Gasteiger partial charge in [0, 0.05) is 16.8 Å². The summed E-state index contributed by atoms with van der Waals surface area (Å²) < 4.78 is 5.46. The lowest BCUT2D eigenvalue weighted by atomic mass is 9.98. The minimum Gasteiger partial charge on any atom is -0.454 e. The van der Waals surface area contributed by atoms with E-state index in [2.05, 4.69) is 22.2 Å². The number of carbonyl (C=O) groups excluding carboxylic acids is 2. The van der Waals surface area contributed by atoms with Crippen molar-refractivity contribution in [3.05, 3.63) is 41.6 Å². The number of H-pyrrole nitrogens is 1. The van der Waals surface area contributed by atoms with Crippen LogP contribution in [-0.4, -0.2) is 30.1 Å².